The first kappa shape index (κ1) is 16.8. The van der Waals surface area contributed by atoms with Gasteiger partial charge in [0.05, 0.1) is 19.3 Å². The van der Waals surface area contributed by atoms with Crippen LogP contribution in [0.3, 0.4) is 0 Å². The zero-order valence-electron chi connectivity index (χ0n) is 11.3. The summed E-state index contributed by atoms with van der Waals surface area (Å²) in [6, 6.07) is 7.53. The van der Waals surface area contributed by atoms with Crippen LogP contribution in [0.1, 0.15) is 12.0 Å². The maximum Gasteiger partial charge on any atom is 0.0897 e. The van der Waals surface area contributed by atoms with E-state index in [0.717, 1.165) is 29.3 Å². The predicted octanol–water partition coefficient (Wildman–Crippen LogP) is 2.56. The molecule has 0 bridgehead atoms. The summed E-state index contributed by atoms with van der Waals surface area (Å²) in [7, 11) is 0. The summed E-state index contributed by atoms with van der Waals surface area (Å²) in [5.74, 6) is 1.15. The first-order valence-corrected chi connectivity index (χ1v) is 8.19. The monoisotopic (exact) mass is 303 g/mol. The molecular formula is C14H22ClNO2S. The third-order valence-corrected chi connectivity index (χ3v) is 3.52. The summed E-state index contributed by atoms with van der Waals surface area (Å²) in [6.07, 6.45) is 2.76. The van der Waals surface area contributed by atoms with Crippen LogP contribution in [0.5, 0.6) is 0 Å². The van der Waals surface area contributed by atoms with Crippen molar-refractivity contribution in [3.05, 3.63) is 34.9 Å². The maximum absolute atomic E-state index is 9.71. The SMILES string of the molecule is CSCCCNCC(O)COCc1ccc(Cl)cc1. The molecule has 19 heavy (non-hydrogen) atoms. The summed E-state index contributed by atoms with van der Waals surface area (Å²) in [4.78, 5) is 0. The quantitative estimate of drug-likeness (QED) is 0.652. The third-order valence-electron chi connectivity index (χ3n) is 2.57. The molecule has 3 nitrogen and oxygen atoms in total. The fourth-order valence-corrected chi connectivity index (χ4v) is 2.12. The highest BCUT2D eigenvalue weighted by atomic mass is 35.5. The van der Waals surface area contributed by atoms with Crippen LogP contribution < -0.4 is 5.32 Å². The van der Waals surface area contributed by atoms with Crippen LogP contribution in [-0.4, -0.2) is 42.9 Å². The molecular weight excluding hydrogens is 282 g/mol. The minimum absolute atomic E-state index is 0.345. The van der Waals surface area contributed by atoms with E-state index in [9.17, 15) is 5.11 Å². The lowest BCUT2D eigenvalue weighted by atomic mass is 10.2. The van der Waals surface area contributed by atoms with Gasteiger partial charge >= 0.3 is 0 Å². The van der Waals surface area contributed by atoms with Gasteiger partial charge in [-0.05, 0) is 42.7 Å². The van der Waals surface area contributed by atoms with Crippen molar-refractivity contribution in [2.75, 3.05) is 31.7 Å². The van der Waals surface area contributed by atoms with Crippen LogP contribution in [0.2, 0.25) is 5.02 Å². The Balaban J connectivity index is 2.03. The average Bonchev–Trinajstić information content (AvgIpc) is 2.41. The zero-order chi connectivity index (χ0) is 13.9. The van der Waals surface area contributed by atoms with E-state index in [2.05, 4.69) is 11.6 Å². The maximum atomic E-state index is 9.71. The molecule has 0 fully saturated rings. The second-order valence-corrected chi connectivity index (χ2v) is 5.77. The van der Waals surface area contributed by atoms with E-state index in [0.29, 0.717) is 19.8 Å². The van der Waals surface area contributed by atoms with Gasteiger partial charge in [0.1, 0.15) is 0 Å². The Bertz CT molecular complexity index is 335. The molecule has 0 saturated heterocycles. The first-order chi connectivity index (χ1) is 9.22. The van der Waals surface area contributed by atoms with Gasteiger partial charge in [-0.3, -0.25) is 0 Å². The van der Waals surface area contributed by atoms with E-state index in [1.165, 1.54) is 0 Å². The van der Waals surface area contributed by atoms with Gasteiger partial charge in [-0.15, -0.1) is 0 Å². The van der Waals surface area contributed by atoms with Gasteiger partial charge < -0.3 is 15.2 Å². The molecule has 1 aromatic rings. The summed E-state index contributed by atoms with van der Waals surface area (Å²) in [5.41, 5.74) is 1.06. The Morgan fingerprint density at radius 3 is 2.79 bits per heavy atom. The van der Waals surface area contributed by atoms with Gasteiger partial charge in [0.25, 0.3) is 0 Å². The zero-order valence-corrected chi connectivity index (χ0v) is 12.8. The molecule has 1 atom stereocenters. The number of nitrogens with one attached hydrogen (secondary N) is 1. The summed E-state index contributed by atoms with van der Waals surface area (Å²) < 4.78 is 5.46. The first-order valence-electron chi connectivity index (χ1n) is 6.42. The minimum Gasteiger partial charge on any atom is -0.389 e. The molecule has 0 aliphatic rings. The van der Waals surface area contributed by atoms with Crippen LogP contribution in [-0.2, 0) is 11.3 Å². The summed E-state index contributed by atoms with van der Waals surface area (Å²) in [5, 5.41) is 13.6. The normalized spacial score (nSPS) is 12.6. The molecule has 5 heteroatoms. The van der Waals surface area contributed by atoms with Crippen molar-refractivity contribution in [2.45, 2.75) is 19.1 Å². The lowest BCUT2D eigenvalue weighted by Crippen LogP contribution is -2.31. The van der Waals surface area contributed by atoms with E-state index in [1.54, 1.807) is 0 Å². The van der Waals surface area contributed by atoms with Crippen molar-refractivity contribution in [1.29, 1.82) is 0 Å². The molecule has 1 aromatic carbocycles. The van der Waals surface area contributed by atoms with Gasteiger partial charge in [-0.2, -0.15) is 11.8 Å². The number of aliphatic hydroxyl groups excluding tert-OH is 1. The highest BCUT2D eigenvalue weighted by Crippen LogP contribution is 2.10. The van der Waals surface area contributed by atoms with Crippen molar-refractivity contribution in [2.24, 2.45) is 0 Å². The lowest BCUT2D eigenvalue weighted by Gasteiger charge is -2.12. The molecule has 0 aromatic heterocycles. The van der Waals surface area contributed by atoms with Crippen LogP contribution >= 0.6 is 23.4 Å². The van der Waals surface area contributed by atoms with Gasteiger partial charge in [0.2, 0.25) is 0 Å². The smallest absolute Gasteiger partial charge is 0.0897 e. The van der Waals surface area contributed by atoms with E-state index < -0.39 is 6.10 Å². The Morgan fingerprint density at radius 1 is 1.37 bits per heavy atom. The lowest BCUT2D eigenvalue weighted by molar-refractivity contribution is 0.0290. The van der Waals surface area contributed by atoms with Gasteiger partial charge in [0.15, 0.2) is 0 Å². The van der Waals surface area contributed by atoms with E-state index in [1.807, 2.05) is 36.0 Å². The second-order valence-electron chi connectivity index (χ2n) is 4.35. The van der Waals surface area contributed by atoms with Crippen molar-refractivity contribution in [3.63, 3.8) is 0 Å². The molecule has 0 spiro atoms. The Kier molecular flexibility index (Phi) is 9.30. The number of aliphatic hydroxyl groups is 1. The number of ether oxygens (including phenoxy) is 1. The largest absolute Gasteiger partial charge is 0.389 e. The second kappa shape index (κ2) is 10.5. The molecule has 1 unspecified atom stereocenters. The van der Waals surface area contributed by atoms with Crippen LogP contribution in [0.25, 0.3) is 0 Å². The number of thioether (sulfide) groups is 1. The number of hydrogen-bond acceptors (Lipinski definition) is 4. The fraction of sp³-hybridized carbons (Fsp3) is 0.571. The van der Waals surface area contributed by atoms with Crippen molar-refractivity contribution in [1.82, 2.24) is 5.32 Å². The average molecular weight is 304 g/mol. The molecule has 108 valence electrons. The number of hydrogen-bond donors (Lipinski definition) is 2. The Hall–Kier alpha value is -0.260. The molecule has 2 N–H and O–H groups in total. The molecule has 0 saturated carbocycles. The van der Waals surface area contributed by atoms with Gasteiger partial charge in [-0.25, -0.2) is 0 Å². The van der Waals surface area contributed by atoms with E-state index >= 15 is 0 Å². The summed E-state index contributed by atoms with van der Waals surface area (Å²) in [6.45, 7) is 2.36. The summed E-state index contributed by atoms with van der Waals surface area (Å²) >= 11 is 7.64. The Morgan fingerprint density at radius 2 is 2.11 bits per heavy atom. The van der Waals surface area contributed by atoms with Crippen LogP contribution in [0.15, 0.2) is 24.3 Å². The topological polar surface area (TPSA) is 41.5 Å². The highest BCUT2D eigenvalue weighted by molar-refractivity contribution is 7.98. The van der Waals surface area contributed by atoms with Crippen molar-refractivity contribution >= 4 is 23.4 Å². The fourth-order valence-electron chi connectivity index (χ4n) is 1.56. The van der Waals surface area contributed by atoms with Crippen molar-refractivity contribution < 1.29 is 9.84 Å². The standard InChI is InChI=1S/C14H22ClNO2S/c1-19-8-2-7-16-9-14(17)11-18-10-12-3-5-13(15)6-4-12/h3-6,14,16-17H,2,7-11H2,1H3. The highest BCUT2D eigenvalue weighted by Gasteiger charge is 2.03. The van der Waals surface area contributed by atoms with Gasteiger partial charge in [-0.1, -0.05) is 23.7 Å². The Labute approximate surface area is 124 Å². The molecule has 1 rings (SSSR count). The number of rotatable bonds is 10. The number of benzene rings is 1. The molecule has 0 amide bonds. The van der Waals surface area contributed by atoms with Gasteiger partial charge in [0, 0.05) is 11.6 Å². The third kappa shape index (κ3) is 8.50. The molecule has 0 aliphatic carbocycles. The van der Waals surface area contributed by atoms with E-state index in [4.69, 9.17) is 16.3 Å². The number of halogens is 1. The van der Waals surface area contributed by atoms with Crippen LogP contribution in [0.4, 0.5) is 0 Å². The van der Waals surface area contributed by atoms with Crippen molar-refractivity contribution in [3.8, 4) is 0 Å². The predicted molar refractivity (Wildman–Crippen MR) is 83.0 cm³/mol. The molecule has 0 heterocycles. The minimum atomic E-state index is -0.457. The molecule has 0 radical (unpaired) electrons. The van der Waals surface area contributed by atoms with Crippen LogP contribution in [0, 0.1) is 0 Å². The molecule has 0 aliphatic heterocycles. The van der Waals surface area contributed by atoms with E-state index in [-0.39, 0.29) is 0 Å².